The average molecular weight is 428 g/mol. The monoisotopic (exact) mass is 427 g/mol. The van der Waals surface area contributed by atoms with Gasteiger partial charge in [0.15, 0.2) is 11.8 Å². The first-order chi connectivity index (χ1) is 15.0. The molecule has 31 heavy (non-hydrogen) atoms. The van der Waals surface area contributed by atoms with Gasteiger partial charge in [0.2, 0.25) is 0 Å². The predicted molar refractivity (Wildman–Crippen MR) is 124 cm³/mol. The third-order valence-electron chi connectivity index (χ3n) is 5.86. The Balaban J connectivity index is 1.60. The molecule has 0 radical (unpaired) electrons. The molecule has 1 aliphatic heterocycles. The van der Waals surface area contributed by atoms with E-state index in [2.05, 4.69) is 58.6 Å². The van der Waals surface area contributed by atoms with Crippen LogP contribution in [0.3, 0.4) is 0 Å². The lowest BCUT2D eigenvalue weighted by Gasteiger charge is -2.24. The Morgan fingerprint density at radius 2 is 2.13 bits per heavy atom. The number of rotatable bonds is 9. The number of hydrogen-bond acceptors (Lipinski definition) is 5. The van der Waals surface area contributed by atoms with E-state index >= 15 is 0 Å². The molecule has 2 unspecified atom stereocenters. The topological polar surface area (TPSA) is 79.6 Å². The number of likely N-dealkylation sites (tertiary alicyclic amines) is 1. The summed E-state index contributed by atoms with van der Waals surface area (Å²) in [5.41, 5.74) is 1.19. The molecule has 2 aromatic rings. The van der Waals surface area contributed by atoms with Crippen molar-refractivity contribution in [2.24, 2.45) is 12.0 Å². The lowest BCUT2D eigenvalue weighted by Crippen LogP contribution is -2.46. The normalized spacial score (nSPS) is 18.2. The fourth-order valence-electron chi connectivity index (χ4n) is 3.87. The van der Waals surface area contributed by atoms with Gasteiger partial charge in [-0.2, -0.15) is 0 Å². The van der Waals surface area contributed by atoms with Gasteiger partial charge in [-0.3, -0.25) is 4.90 Å². The Morgan fingerprint density at radius 3 is 2.84 bits per heavy atom. The minimum atomic E-state index is 0.00416. The molecule has 0 amide bonds. The second kappa shape index (κ2) is 11.1. The smallest absolute Gasteiger partial charge is 0.191 e. The quantitative estimate of drug-likeness (QED) is 0.473. The molecule has 1 aliphatic rings. The Morgan fingerprint density at radius 1 is 1.29 bits per heavy atom. The molecule has 2 heterocycles. The van der Waals surface area contributed by atoms with Crippen LogP contribution in [-0.4, -0.2) is 63.9 Å². The predicted octanol–water partition coefficient (Wildman–Crippen LogP) is 2.42. The number of aliphatic imine (C=N–C) groups is 1. The summed E-state index contributed by atoms with van der Waals surface area (Å²) >= 11 is 0. The number of ether oxygens (including phenoxy) is 1. The van der Waals surface area contributed by atoms with Crippen molar-refractivity contribution >= 4 is 5.96 Å². The second-order valence-corrected chi connectivity index (χ2v) is 8.32. The summed E-state index contributed by atoms with van der Waals surface area (Å²) in [6.07, 6.45) is 2.49. The fourth-order valence-corrected chi connectivity index (χ4v) is 3.87. The highest BCUT2D eigenvalue weighted by molar-refractivity contribution is 5.79. The molecular weight excluding hydrogens is 390 g/mol. The summed E-state index contributed by atoms with van der Waals surface area (Å²) in [5, 5.41) is 15.3. The minimum absolute atomic E-state index is 0.00416. The molecule has 2 atom stereocenters. The molecule has 3 rings (SSSR count). The zero-order chi connectivity index (χ0) is 22.2. The summed E-state index contributed by atoms with van der Waals surface area (Å²) in [5.74, 6) is 3.40. The van der Waals surface area contributed by atoms with Gasteiger partial charge < -0.3 is 19.9 Å². The van der Waals surface area contributed by atoms with Gasteiger partial charge in [-0.25, -0.2) is 4.99 Å². The molecule has 1 aromatic carbocycles. The number of aryl methyl sites for hydroxylation is 2. The van der Waals surface area contributed by atoms with Gasteiger partial charge >= 0.3 is 0 Å². The van der Waals surface area contributed by atoms with Gasteiger partial charge in [-0.15, -0.1) is 10.2 Å². The fraction of sp³-hybridized carbons (Fsp3) is 0.609. The van der Waals surface area contributed by atoms with E-state index < -0.39 is 0 Å². The summed E-state index contributed by atoms with van der Waals surface area (Å²) in [6, 6.07) is 8.69. The zero-order valence-electron chi connectivity index (χ0n) is 19.6. The molecule has 0 aliphatic carbocycles. The summed E-state index contributed by atoms with van der Waals surface area (Å²) in [6.45, 7) is 12.6. The summed E-state index contributed by atoms with van der Waals surface area (Å²) in [4.78, 5) is 7.30. The van der Waals surface area contributed by atoms with E-state index in [9.17, 15) is 0 Å². The maximum Gasteiger partial charge on any atom is 0.191 e. The minimum Gasteiger partial charge on any atom is -0.489 e. The molecular formula is C23H37N7O. The Hall–Kier alpha value is -2.61. The molecule has 0 saturated carbocycles. The van der Waals surface area contributed by atoms with Crippen molar-refractivity contribution in [3.8, 4) is 5.75 Å². The van der Waals surface area contributed by atoms with Crippen LogP contribution in [0.15, 0.2) is 29.3 Å². The summed E-state index contributed by atoms with van der Waals surface area (Å²) < 4.78 is 8.04. The zero-order valence-corrected chi connectivity index (χ0v) is 19.6. The van der Waals surface area contributed by atoms with E-state index in [1.807, 2.05) is 30.7 Å². The Kier molecular flexibility index (Phi) is 8.28. The first-order valence-corrected chi connectivity index (χ1v) is 11.3. The van der Waals surface area contributed by atoms with E-state index in [4.69, 9.17) is 9.73 Å². The van der Waals surface area contributed by atoms with E-state index in [1.54, 1.807) is 0 Å². The number of benzene rings is 1. The van der Waals surface area contributed by atoms with Crippen LogP contribution in [0.25, 0.3) is 0 Å². The molecule has 170 valence electrons. The first-order valence-electron chi connectivity index (χ1n) is 11.3. The second-order valence-electron chi connectivity index (χ2n) is 8.32. The molecule has 1 aromatic heterocycles. The number of hydrogen-bond donors (Lipinski definition) is 2. The number of nitrogens with zero attached hydrogens (tertiary/aromatic N) is 5. The molecule has 8 nitrogen and oxygen atoms in total. The van der Waals surface area contributed by atoms with E-state index in [0.717, 1.165) is 36.4 Å². The van der Waals surface area contributed by atoms with Crippen LogP contribution >= 0.6 is 0 Å². The van der Waals surface area contributed by atoms with E-state index in [-0.39, 0.29) is 6.10 Å². The van der Waals surface area contributed by atoms with Crippen LogP contribution in [0, 0.1) is 13.8 Å². The van der Waals surface area contributed by atoms with Crippen LogP contribution in [0.2, 0.25) is 0 Å². The van der Waals surface area contributed by atoms with Crippen LogP contribution < -0.4 is 15.4 Å². The highest BCUT2D eigenvalue weighted by atomic mass is 16.5. The van der Waals surface area contributed by atoms with Gasteiger partial charge in [0, 0.05) is 19.6 Å². The van der Waals surface area contributed by atoms with Crippen molar-refractivity contribution in [3.63, 3.8) is 0 Å². The molecule has 1 saturated heterocycles. The largest absolute Gasteiger partial charge is 0.489 e. The third-order valence-corrected chi connectivity index (χ3v) is 5.86. The van der Waals surface area contributed by atoms with Crippen LogP contribution in [0.4, 0.5) is 0 Å². The Bertz CT molecular complexity index is 863. The lowest BCUT2D eigenvalue weighted by molar-refractivity contribution is 0.223. The van der Waals surface area contributed by atoms with Crippen molar-refractivity contribution in [2.45, 2.75) is 59.2 Å². The van der Waals surface area contributed by atoms with Gasteiger partial charge in [-0.05, 0) is 64.4 Å². The molecule has 8 heteroatoms. The molecule has 2 N–H and O–H groups in total. The van der Waals surface area contributed by atoms with Crippen molar-refractivity contribution in [3.05, 3.63) is 41.5 Å². The standard InChI is InChI=1S/C23H37N7O/c1-6-30-12-8-10-20(30)15-25-23(26-16-22-28-27-19(4)29(22)5)24-14-18(3)31-21-11-7-9-17(2)13-21/h7,9,11,13,18,20H,6,8,10,12,14-16H2,1-5H3,(H2,24,25,26). The maximum absolute atomic E-state index is 6.06. The van der Waals surface area contributed by atoms with Crippen LogP contribution in [0.5, 0.6) is 5.75 Å². The van der Waals surface area contributed by atoms with Gasteiger partial charge in [0.25, 0.3) is 0 Å². The highest BCUT2D eigenvalue weighted by Crippen LogP contribution is 2.16. The van der Waals surface area contributed by atoms with Crippen LogP contribution in [0.1, 0.15) is 43.9 Å². The van der Waals surface area contributed by atoms with Crippen molar-refractivity contribution in [1.29, 1.82) is 0 Å². The highest BCUT2D eigenvalue weighted by Gasteiger charge is 2.23. The average Bonchev–Trinajstić information content (AvgIpc) is 3.34. The first kappa shape index (κ1) is 23.1. The van der Waals surface area contributed by atoms with Gasteiger partial charge in [0.1, 0.15) is 24.2 Å². The van der Waals surface area contributed by atoms with Gasteiger partial charge in [-0.1, -0.05) is 19.1 Å². The van der Waals surface area contributed by atoms with Crippen molar-refractivity contribution in [2.75, 3.05) is 26.2 Å². The molecule has 1 fully saturated rings. The lowest BCUT2D eigenvalue weighted by atomic mass is 10.2. The van der Waals surface area contributed by atoms with Crippen LogP contribution in [-0.2, 0) is 13.6 Å². The third kappa shape index (κ3) is 6.69. The van der Waals surface area contributed by atoms with E-state index in [1.165, 1.54) is 24.9 Å². The van der Waals surface area contributed by atoms with Gasteiger partial charge in [0.05, 0.1) is 6.54 Å². The van der Waals surface area contributed by atoms with Crippen molar-refractivity contribution < 1.29 is 4.74 Å². The number of likely N-dealkylation sites (N-methyl/N-ethyl adjacent to an activating group) is 1. The maximum atomic E-state index is 6.06. The van der Waals surface area contributed by atoms with E-state index in [0.29, 0.717) is 19.1 Å². The number of aromatic nitrogens is 3. The number of guanidine groups is 1. The van der Waals surface area contributed by atoms with Crippen molar-refractivity contribution in [1.82, 2.24) is 30.3 Å². The molecule has 0 spiro atoms. The molecule has 0 bridgehead atoms. The Labute approximate surface area is 186 Å². The SMILES string of the molecule is CCN1CCCC1CNC(=NCc1nnc(C)n1C)NCC(C)Oc1cccc(C)c1. The number of nitrogens with one attached hydrogen (secondary N) is 2. The summed E-state index contributed by atoms with van der Waals surface area (Å²) in [7, 11) is 1.97.